The highest BCUT2D eigenvalue weighted by Gasteiger charge is 2.22. The second-order valence-corrected chi connectivity index (χ2v) is 6.80. The molecule has 1 unspecified atom stereocenters. The zero-order valence-corrected chi connectivity index (χ0v) is 15.5. The molecule has 1 aliphatic heterocycles. The summed E-state index contributed by atoms with van der Waals surface area (Å²) in [5, 5.41) is 0. The molecule has 0 amide bonds. The fourth-order valence-corrected chi connectivity index (χ4v) is 3.24. The van der Waals surface area contributed by atoms with Crippen molar-refractivity contribution >= 4 is 0 Å². The van der Waals surface area contributed by atoms with Crippen LogP contribution in [0.4, 0.5) is 0 Å². The normalized spacial score (nSPS) is 17.2. The largest absolute Gasteiger partial charge is 0.490 e. The number of fused-ring (bicyclic) bond motifs is 1. The Morgan fingerprint density at radius 3 is 2.85 bits per heavy atom. The third-order valence-corrected chi connectivity index (χ3v) is 4.72. The fraction of sp³-hybridized carbons (Fsp3) is 0.455. The Morgan fingerprint density at radius 2 is 2.04 bits per heavy atom. The summed E-state index contributed by atoms with van der Waals surface area (Å²) < 4.78 is 17.5. The topological polar surface area (TPSA) is 53.7 Å². The number of nitrogens with two attached hydrogens (primary N) is 1. The summed E-state index contributed by atoms with van der Waals surface area (Å²) in [6.07, 6.45) is 3.95. The fourth-order valence-electron chi connectivity index (χ4n) is 3.24. The van der Waals surface area contributed by atoms with Gasteiger partial charge >= 0.3 is 0 Å². The molecule has 2 aromatic carbocycles. The molecule has 0 bridgehead atoms. The Kier molecular flexibility index (Phi) is 6.92. The molecule has 2 atom stereocenters. The van der Waals surface area contributed by atoms with Crippen LogP contribution in [0.15, 0.2) is 48.5 Å². The van der Waals surface area contributed by atoms with Gasteiger partial charge in [-0.25, -0.2) is 0 Å². The average molecular weight is 355 g/mol. The van der Waals surface area contributed by atoms with Gasteiger partial charge in [-0.15, -0.1) is 0 Å². The van der Waals surface area contributed by atoms with Crippen molar-refractivity contribution in [2.24, 2.45) is 5.73 Å². The van der Waals surface area contributed by atoms with Crippen LogP contribution in [0.1, 0.15) is 37.3 Å². The summed E-state index contributed by atoms with van der Waals surface area (Å²) in [6.45, 7) is 4.03. The minimum Gasteiger partial charge on any atom is -0.490 e. The molecule has 26 heavy (non-hydrogen) atoms. The van der Waals surface area contributed by atoms with Gasteiger partial charge in [0, 0.05) is 25.3 Å². The summed E-state index contributed by atoms with van der Waals surface area (Å²) in [6, 6.07) is 16.4. The van der Waals surface area contributed by atoms with Crippen LogP contribution in [-0.4, -0.2) is 25.4 Å². The van der Waals surface area contributed by atoms with E-state index in [9.17, 15) is 0 Å². The van der Waals surface area contributed by atoms with Crippen molar-refractivity contribution in [3.63, 3.8) is 0 Å². The molecule has 3 rings (SSSR count). The maximum atomic E-state index is 6.22. The Bertz CT molecular complexity index is 674. The molecule has 1 heterocycles. The van der Waals surface area contributed by atoms with Crippen LogP contribution in [0.3, 0.4) is 0 Å². The van der Waals surface area contributed by atoms with Gasteiger partial charge < -0.3 is 19.9 Å². The second kappa shape index (κ2) is 9.60. The average Bonchev–Trinajstić information content (AvgIpc) is 2.67. The molecule has 140 valence electrons. The molecule has 4 nitrogen and oxygen atoms in total. The Labute approximate surface area is 156 Å². The molecule has 2 N–H and O–H groups in total. The number of hydrogen-bond acceptors (Lipinski definition) is 4. The first-order valence-corrected chi connectivity index (χ1v) is 9.54. The van der Waals surface area contributed by atoms with Crippen LogP contribution in [0.2, 0.25) is 0 Å². The molecular formula is C22H29NO3. The van der Waals surface area contributed by atoms with Crippen LogP contribution >= 0.6 is 0 Å². The van der Waals surface area contributed by atoms with E-state index in [0.29, 0.717) is 6.61 Å². The molecule has 0 saturated carbocycles. The zero-order valence-electron chi connectivity index (χ0n) is 15.5. The minimum absolute atomic E-state index is 0.116. The summed E-state index contributed by atoms with van der Waals surface area (Å²) in [7, 11) is 0. The van der Waals surface area contributed by atoms with Crippen molar-refractivity contribution in [2.45, 2.75) is 51.4 Å². The molecule has 4 heteroatoms. The lowest BCUT2D eigenvalue weighted by molar-refractivity contribution is 0.122. The van der Waals surface area contributed by atoms with E-state index in [1.807, 2.05) is 37.3 Å². The standard InChI is InChI=1S/C22H29NO3/c1-2-24-13-12-19(23)14-21-11-9-18-8-10-20(15-22(18)26-21)25-16-17-6-4-3-5-7-17/h3-8,10,15,19,21H,2,9,11-14,16,23H2,1H3/t19?,21-/m1/s1. The monoisotopic (exact) mass is 355 g/mol. The van der Waals surface area contributed by atoms with Crippen LogP contribution < -0.4 is 15.2 Å². The predicted octanol–water partition coefficient (Wildman–Crippen LogP) is 4.10. The molecular weight excluding hydrogens is 326 g/mol. The van der Waals surface area contributed by atoms with E-state index < -0.39 is 0 Å². The highest BCUT2D eigenvalue weighted by molar-refractivity contribution is 5.42. The van der Waals surface area contributed by atoms with Gasteiger partial charge in [-0.2, -0.15) is 0 Å². The molecule has 0 saturated heterocycles. The van der Waals surface area contributed by atoms with E-state index in [-0.39, 0.29) is 12.1 Å². The van der Waals surface area contributed by atoms with E-state index >= 15 is 0 Å². The first-order chi connectivity index (χ1) is 12.7. The van der Waals surface area contributed by atoms with E-state index in [2.05, 4.69) is 18.2 Å². The Hall–Kier alpha value is -2.04. The number of hydrogen-bond donors (Lipinski definition) is 1. The van der Waals surface area contributed by atoms with Crippen LogP contribution in [-0.2, 0) is 17.8 Å². The predicted molar refractivity (Wildman–Crippen MR) is 104 cm³/mol. The van der Waals surface area contributed by atoms with E-state index in [1.165, 1.54) is 5.56 Å². The third-order valence-electron chi connectivity index (χ3n) is 4.72. The van der Waals surface area contributed by atoms with Crippen molar-refractivity contribution in [1.82, 2.24) is 0 Å². The molecule has 2 aromatic rings. The van der Waals surface area contributed by atoms with Crippen molar-refractivity contribution in [3.8, 4) is 11.5 Å². The quantitative estimate of drug-likeness (QED) is 0.688. The Balaban J connectivity index is 1.54. The first kappa shape index (κ1) is 18.7. The van der Waals surface area contributed by atoms with Gasteiger partial charge in [-0.05, 0) is 49.8 Å². The van der Waals surface area contributed by atoms with Gasteiger partial charge in [0.05, 0.1) is 0 Å². The van der Waals surface area contributed by atoms with E-state index in [1.54, 1.807) is 0 Å². The first-order valence-electron chi connectivity index (χ1n) is 9.54. The molecule has 0 fully saturated rings. The van der Waals surface area contributed by atoms with Gasteiger partial charge in [0.25, 0.3) is 0 Å². The van der Waals surface area contributed by atoms with E-state index in [0.717, 1.165) is 56.0 Å². The maximum Gasteiger partial charge on any atom is 0.126 e. The highest BCUT2D eigenvalue weighted by Crippen LogP contribution is 2.32. The lowest BCUT2D eigenvalue weighted by atomic mass is 9.97. The van der Waals surface area contributed by atoms with Crippen molar-refractivity contribution in [1.29, 1.82) is 0 Å². The molecule has 0 radical (unpaired) electrons. The molecule has 0 spiro atoms. The minimum atomic E-state index is 0.116. The lowest BCUT2D eigenvalue weighted by Crippen LogP contribution is -2.32. The van der Waals surface area contributed by atoms with Gasteiger partial charge in [-0.1, -0.05) is 36.4 Å². The van der Waals surface area contributed by atoms with Gasteiger partial charge in [-0.3, -0.25) is 0 Å². The van der Waals surface area contributed by atoms with E-state index in [4.69, 9.17) is 19.9 Å². The smallest absolute Gasteiger partial charge is 0.126 e. The summed E-state index contributed by atoms with van der Waals surface area (Å²) in [4.78, 5) is 0. The van der Waals surface area contributed by atoms with Crippen molar-refractivity contribution in [3.05, 3.63) is 59.7 Å². The van der Waals surface area contributed by atoms with Gasteiger partial charge in [0.2, 0.25) is 0 Å². The third kappa shape index (κ3) is 5.48. The summed E-state index contributed by atoms with van der Waals surface area (Å²) in [5.74, 6) is 1.78. The number of ether oxygens (including phenoxy) is 3. The van der Waals surface area contributed by atoms with Crippen LogP contribution in [0, 0.1) is 0 Å². The number of aryl methyl sites for hydroxylation is 1. The van der Waals surface area contributed by atoms with Crippen molar-refractivity contribution in [2.75, 3.05) is 13.2 Å². The number of benzene rings is 2. The Morgan fingerprint density at radius 1 is 1.19 bits per heavy atom. The van der Waals surface area contributed by atoms with Gasteiger partial charge in [0.15, 0.2) is 0 Å². The molecule has 0 aromatic heterocycles. The maximum absolute atomic E-state index is 6.22. The van der Waals surface area contributed by atoms with Crippen LogP contribution in [0.25, 0.3) is 0 Å². The van der Waals surface area contributed by atoms with Gasteiger partial charge in [0.1, 0.15) is 24.2 Å². The summed E-state index contributed by atoms with van der Waals surface area (Å²) in [5.41, 5.74) is 8.63. The number of rotatable bonds is 9. The highest BCUT2D eigenvalue weighted by atomic mass is 16.5. The SMILES string of the molecule is CCOCCC(N)C[C@H]1CCc2ccc(OCc3ccccc3)cc2O1. The second-order valence-electron chi connectivity index (χ2n) is 6.80. The molecule has 0 aliphatic carbocycles. The molecule has 1 aliphatic rings. The summed E-state index contributed by atoms with van der Waals surface area (Å²) >= 11 is 0. The van der Waals surface area contributed by atoms with Crippen LogP contribution in [0.5, 0.6) is 11.5 Å². The van der Waals surface area contributed by atoms with Crippen molar-refractivity contribution < 1.29 is 14.2 Å². The zero-order chi connectivity index (χ0) is 18.2. The lowest BCUT2D eigenvalue weighted by Gasteiger charge is -2.28.